The van der Waals surface area contributed by atoms with Crippen LogP contribution in [0.5, 0.6) is 0 Å². The Kier molecular flexibility index (Phi) is 4.19. The lowest BCUT2D eigenvalue weighted by Gasteiger charge is -2.57. The summed E-state index contributed by atoms with van der Waals surface area (Å²) in [5, 5.41) is 3.08. The maximum atomic E-state index is 12.7. The molecule has 0 aromatic heterocycles. The molecule has 2 aromatic rings. The van der Waals surface area contributed by atoms with Gasteiger partial charge < -0.3 is 5.32 Å². The Morgan fingerprint density at radius 1 is 1.00 bits per heavy atom. The fourth-order valence-corrected chi connectivity index (χ4v) is 6.91. The van der Waals surface area contributed by atoms with E-state index < -0.39 is 0 Å². The van der Waals surface area contributed by atoms with Crippen LogP contribution < -0.4 is 5.32 Å². The van der Waals surface area contributed by atoms with Gasteiger partial charge in [0, 0.05) is 10.0 Å². The molecule has 0 saturated heterocycles. The van der Waals surface area contributed by atoms with E-state index in [-0.39, 0.29) is 5.91 Å². The van der Waals surface area contributed by atoms with Crippen molar-refractivity contribution in [2.75, 3.05) is 5.32 Å². The van der Waals surface area contributed by atoms with E-state index in [2.05, 4.69) is 39.4 Å². The molecule has 6 rings (SSSR count). The number of benzene rings is 2. The Morgan fingerprint density at radius 3 is 2.22 bits per heavy atom. The quantitative estimate of drug-likeness (QED) is 0.601. The second-order valence-corrected chi connectivity index (χ2v) is 10.0. The minimum Gasteiger partial charge on any atom is -0.321 e. The molecule has 0 radical (unpaired) electrons. The van der Waals surface area contributed by atoms with E-state index in [4.69, 9.17) is 0 Å². The molecule has 140 valence electrons. The molecule has 4 aliphatic rings. The number of rotatable bonds is 3. The number of anilines is 1. The topological polar surface area (TPSA) is 29.1 Å². The van der Waals surface area contributed by atoms with Gasteiger partial charge in [0.05, 0.1) is 5.69 Å². The highest BCUT2D eigenvalue weighted by molar-refractivity contribution is 9.10. The Labute approximate surface area is 169 Å². The van der Waals surface area contributed by atoms with Gasteiger partial charge in [-0.3, -0.25) is 4.79 Å². The Hall–Kier alpha value is -1.61. The Bertz CT molecular complexity index is 868. The smallest absolute Gasteiger partial charge is 0.255 e. The molecule has 0 atom stereocenters. The largest absolute Gasteiger partial charge is 0.321 e. The summed E-state index contributed by atoms with van der Waals surface area (Å²) in [5.74, 6) is 2.78. The van der Waals surface area contributed by atoms with E-state index in [1.54, 1.807) is 0 Å². The van der Waals surface area contributed by atoms with Gasteiger partial charge in [-0.15, -0.1) is 0 Å². The predicted molar refractivity (Wildman–Crippen MR) is 113 cm³/mol. The summed E-state index contributed by atoms with van der Waals surface area (Å²) in [6.07, 6.45) is 8.47. The van der Waals surface area contributed by atoms with Gasteiger partial charge in [0.25, 0.3) is 5.91 Å². The van der Waals surface area contributed by atoms with E-state index in [0.717, 1.165) is 39.0 Å². The van der Waals surface area contributed by atoms with Crippen LogP contribution in [0.25, 0.3) is 0 Å². The number of aryl methyl sites for hydroxylation is 1. The third-order valence-electron chi connectivity index (χ3n) is 7.26. The van der Waals surface area contributed by atoms with Gasteiger partial charge in [0.1, 0.15) is 0 Å². The van der Waals surface area contributed by atoms with Crippen LogP contribution >= 0.6 is 15.9 Å². The van der Waals surface area contributed by atoms with Crippen LogP contribution in [-0.2, 0) is 5.41 Å². The summed E-state index contributed by atoms with van der Waals surface area (Å²) in [5.41, 5.74) is 4.44. The van der Waals surface area contributed by atoms with Crippen molar-refractivity contribution in [2.24, 2.45) is 17.8 Å². The summed E-state index contributed by atoms with van der Waals surface area (Å²) >= 11 is 3.73. The molecule has 27 heavy (non-hydrogen) atoms. The summed E-state index contributed by atoms with van der Waals surface area (Å²) in [4.78, 5) is 12.7. The lowest BCUT2D eigenvalue weighted by molar-refractivity contribution is -0.00520. The van der Waals surface area contributed by atoms with Gasteiger partial charge >= 0.3 is 0 Å². The number of amides is 1. The van der Waals surface area contributed by atoms with E-state index in [9.17, 15) is 4.79 Å². The summed E-state index contributed by atoms with van der Waals surface area (Å²) in [6.45, 7) is 1.97. The average molecular weight is 424 g/mol. The molecule has 4 fully saturated rings. The highest BCUT2D eigenvalue weighted by Gasteiger charge is 2.51. The van der Waals surface area contributed by atoms with Crippen LogP contribution in [0.4, 0.5) is 5.69 Å². The zero-order chi connectivity index (χ0) is 18.6. The van der Waals surface area contributed by atoms with Crippen LogP contribution in [0.2, 0.25) is 0 Å². The number of nitrogens with one attached hydrogen (secondary N) is 1. The molecular formula is C24H26BrNO. The van der Waals surface area contributed by atoms with Crippen LogP contribution in [0.3, 0.4) is 0 Å². The molecular weight excluding hydrogens is 398 g/mol. The van der Waals surface area contributed by atoms with Crippen molar-refractivity contribution in [1.82, 2.24) is 0 Å². The monoisotopic (exact) mass is 423 g/mol. The molecule has 0 spiro atoms. The van der Waals surface area contributed by atoms with Gasteiger partial charge in [0.2, 0.25) is 0 Å². The molecule has 4 saturated carbocycles. The first kappa shape index (κ1) is 17.5. The molecule has 4 aliphatic carbocycles. The second-order valence-electron chi connectivity index (χ2n) is 9.16. The number of hydrogen-bond acceptors (Lipinski definition) is 1. The van der Waals surface area contributed by atoms with Crippen molar-refractivity contribution in [3.05, 3.63) is 63.6 Å². The highest BCUT2D eigenvalue weighted by atomic mass is 79.9. The van der Waals surface area contributed by atoms with Gasteiger partial charge in [-0.2, -0.15) is 0 Å². The third kappa shape index (κ3) is 3.04. The van der Waals surface area contributed by atoms with Gasteiger partial charge in [0.15, 0.2) is 0 Å². The van der Waals surface area contributed by atoms with Crippen LogP contribution in [0.15, 0.2) is 46.9 Å². The lowest BCUT2D eigenvalue weighted by Crippen LogP contribution is -2.48. The minimum atomic E-state index is -0.0450. The maximum Gasteiger partial charge on any atom is 0.255 e. The minimum absolute atomic E-state index is 0.0450. The molecule has 3 heteroatoms. The standard InChI is InChI=1S/C24H26BrNO/c1-15-4-2-3-5-20(15)23(27)26-22-7-6-19(11-21(22)25)24-12-16-8-17(13-24)10-18(9-16)14-24/h2-7,11,16-18H,8-10,12-14H2,1H3,(H,26,27). The van der Waals surface area contributed by atoms with Crippen LogP contribution in [-0.4, -0.2) is 5.91 Å². The van der Waals surface area contributed by atoms with Crippen LogP contribution in [0.1, 0.15) is 60.0 Å². The normalized spacial score (nSPS) is 31.1. The number of hydrogen-bond donors (Lipinski definition) is 1. The maximum absolute atomic E-state index is 12.7. The number of carbonyl (C=O) groups excluding carboxylic acids is 1. The molecule has 1 N–H and O–H groups in total. The van der Waals surface area contributed by atoms with E-state index in [1.165, 1.54) is 44.1 Å². The van der Waals surface area contributed by atoms with Crippen molar-refractivity contribution in [3.63, 3.8) is 0 Å². The third-order valence-corrected chi connectivity index (χ3v) is 7.91. The summed E-state index contributed by atoms with van der Waals surface area (Å²) in [6, 6.07) is 14.4. The van der Waals surface area contributed by atoms with Crippen molar-refractivity contribution >= 4 is 27.5 Å². The molecule has 2 nitrogen and oxygen atoms in total. The zero-order valence-electron chi connectivity index (χ0n) is 15.8. The van der Waals surface area contributed by atoms with Crippen molar-refractivity contribution in [1.29, 1.82) is 0 Å². The Morgan fingerprint density at radius 2 is 1.63 bits per heavy atom. The predicted octanol–water partition coefficient (Wildman–Crippen LogP) is 6.48. The lowest BCUT2D eigenvalue weighted by atomic mass is 9.48. The molecule has 2 aromatic carbocycles. The average Bonchev–Trinajstić information content (AvgIpc) is 2.62. The van der Waals surface area contributed by atoms with Gasteiger partial charge in [-0.1, -0.05) is 24.3 Å². The zero-order valence-corrected chi connectivity index (χ0v) is 17.4. The fourth-order valence-electron chi connectivity index (χ4n) is 6.43. The molecule has 1 amide bonds. The second kappa shape index (κ2) is 6.48. The first-order valence-corrected chi connectivity index (χ1v) is 11.0. The number of halogens is 1. The van der Waals surface area contributed by atoms with E-state index in [1.807, 2.05) is 31.2 Å². The Balaban J connectivity index is 1.40. The summed E-state index contributed by atoms with van der Waals surface area (Å²) in [7, 11) is 0. The molecule has 0 heterocycles. The summed E-state index contributed by atoms with van der Waals surface area (Å²) < 4.78 is 0.998. The van der Waals surface area contributed by atoms with Gasteiger partial charge in [-0.25, -0.2) is 0 Å². The van der Waals surface area contributed by atoms with Crippen LogP contribution in [0, 0.1) is 24.7 Å². The van der Waals surface area contributed by atoms with E-state index >= 15 is 0 Å². The molecule has 0 aliphatic heterocycles. The molecule has 0 unspecified atom stereocenters. The number of carbonyl (C=O) groups is 1. The van der Waals surface area contributed by atoms with Crippen molar-refractivity contribution in [2.45, 2.75) is 50.9 Å². The first-order chi connectivity index (χ1) is 13.0. The van der Waals surface area contributed by atoms with Crippen molar-refractivity contribution in [3.8, 4) is 0 Å². The first-order valence-electron chi connectivity index (χ1n) is 10.2. The van der Waals surface area contributed by atoms with Crippen molar-refractivity contribution < 1.29 is 4.79 Å². The molecule has 4 bridgehead atoms. The van der Waals surface area contributed by atoms with E-state index in [0.29, 0.717) is 5.41 Å². The highest BCUT2D eigenvalue weighted by Crippen LogP contribution is 2.61. The van der Waals surface area contributed by atoms with Gasteiger partial charge in [-0.05, 0) is 114 Å². The SMILES string of the molecule is Cc1ccccc1C(=O)Nc1ccc(C23CC4CC(CC(C4)C2)C3)cc1Br. The fraction of sp³-hybridized carbons (Fsp3) is 0.458.